The van der Waals surface area contributed by atoms with Crippen molar-refractivity contribution in [2.75, 3.05) is 31.9 Å². The van der Waals surface area contributed by atoms with Crippen molar-refractivity contribution in [3.05, 3.63) is 40.9 Å². The van der Waals surface area contributed by atoms with Gasteiger partial charge in [-0.15, -0.1) is 11.8 Å². The number of carbonyl (C=O) groups is 1. The van der Waals surface area contributed by atoms with Gasteiger partial charge in [0.25, 0.3) is 0 Å². The molecule has 0 bridgehead atoms. The summed E-state index contributed by atoms with van der Waals surface area (Å²) in [6.07, 6.45) is 1.23. The van der Waals surface area contributed by atoms with Gasteiger partial charge in [-0.05, 0) is 48.7 Å². The molecule has 2 N–H and O–H groups in total. The number of piperazine rings is 1. The van der Waals surface area contributed by atoms with Crippen LogP contribution in [0.5, 0.6) is 0 Å². The monoisotopic (exact) mass is 448 g/mol. The van der Waals surface area contributed by atoms with Crippen molar-refractivity contribution in [3.8, 4) is 0 Å². The fraction of sp³-hybridized carbons (Fsp3) is 0.565. The Balaban J connectivity index is 1.88. The van der Waals surface area contributed by atoms with Gasteiger partial charge >= 0.3 is 0 Å². The van der Waals surface area contributed by atoms with E-state index < -0.39 is 0 Å². The van der Waals surface area contributed by atoms with Crippen molar-refractivity contribution in [2.45, 2.75) is 52.0 Å². The highest BCUT2D eigenvalue weighted by Gasteiger charge is 2.24. The third kappa shape index (κ3) is 7.36. The van der Waals surface area contributed by atoms with E-state index in [0.717, 1.165) is 32.1 Å². The summed E-state index contributed by atoms with van der Waals surface area (Å²) in [7, 11) is 0. The van der Waals surface area contributed by atoms with E-state index in [9.17, 15) is 4.79 Å². The van der Waals surface area contributed by atoms with Crippen LogP contribution in [0.2, 0.25) is 0 Å². The van der Waals surface area contributed by atoms with Crippen LogP contribution < -0.4 is 5.32 Å². The van der Waals surface area contributed by atoms with E-state index in [4.69, 9.17) is 5.41 Å². The van der Waals surface area contributed by atoms with Crippen LogP contribution in [0, 0.1) is 18.3 Å². The van der Waals surface area contributed by atoms with Gasteiger partial charge < -0.3 is 10.2 Å². The molecule has 0 spiro atoms. The molecule has 2 rings (SSSR count). The Hall–Kier alpha value is -1.44. The molecule has 5 nitrogen and oxygen atoms in total. The van der Waals surface area contributed by atoms with Crippen LogP contribution >= 0.6 is 23.5 Å². The van der Waals surface area contributed by atoms with Crippen molar-refractivity contribution in [2.24, 2.45) is 5.92 Å². The summed E-state index contributed by atoms with van der Waals surface area (Å²) in [5.74, 6) is 1.77. The molecule has 1 aromatic carbocycles. The lowest BCUT2D eigenvalue weighted by molar-refractivity contribution is -0.118. The minimum atomic E-state index is -0.154. The summed E-state index contributed by atoms with van der Waals surface area (Å²) in [6, 6.07) is 7.25. The molecule has 1 unspecified atom stereocenters. The summed E-state index contributed by atoms with van der Waals surface area (Å²) in [5.41, 5.74) is 2.72. The van der Waals surface area contributed by atoms with Crippen LogP contribution in [0.4, 0.5) is 0 Å². The molecule has 1 aromatic rings. The van der Waals surface area contributed by atoms with Gasteiger partial charge in [0.1, 0.15) is 0 Å². The van der Waals surface area contributed by atoms with Gasteiger partial charge in [-0.3, -0.25) is 15.1 Å². The predicted octanol–water partition coefficient (Wildman–Crippen LogP) is 5.09. The highest BCUT2D eigenvalue weighted by atomic mass is 32.2. The Labute approximate surface area is 190 Å². The van der Waals surface area contributed by atoms with Crippen molar-refractivity contribution in [1.82, 2.24) is 15.1 Å². The first kappa shape index (κ1) is 24.8. The Morgan fingerprint density at radius 2 is 1.93 bits per heavy atom. The standard InChI is InChI=1S/C23H36N4OS2/c1-7-16(2)15-29-22-9-8-21(14-17(22)3)18(4)26-10-12-27(13-11-26)23(24)30-20(6)25-19(5)28/h8-9,14,16,18,24H,6-7,10-13,15H2,1-5H3,(H,25,28)/t16?,18-/m0/s1. The lowest BCUT2D eigenvalue weighted by Gasteiger charge is -2.39. The number of nitrogens with one attached hydrogen (secondary N) is 2. The van der Waals surface area contributed by atoms with Crippen LogP contribution in [0.15, 0.2) is 34.7 Å². The summed E-state index contributed by atoms with van der Waals surface area (Å²) in [4.78, 5) is 17.0. The fourth-order valence-corrected chi connectivity index (χ4v) is 5.26. The number of hydrogen-bond donors (Lipinski definition) is 2. The maximum atomic E-state index is 11.1. The number of hydrogen-bond acceptors (Lipinski definition) is 5. The third-order valence-corrected chi connectivity index (χ3v) is 7.89. The Kier molecular flexibility index (Phi) is 9.78. The predicted molar refractivity (Wildman–Crippen MR) is 131 cm³/mol. The number of thioether (sulfide) groups is 2. The molecule has 1 amide bonds. The normalized spacial score (nSPS) is 16.8. The number of aryl methyl sites for hydroxylation is 1. The number of benzene rings is 1. The zero-order chi connectivity index (χ0) is 22.3. The molecular weight excluding hydrogens is 412 g/mol. The molecule has 0 saturated carbocycles. The second-order valence-electron chi connectivity index (χ2n) is 8.06. The van der Waals surface area contributed by atoms with Gasteiger partial charge in [0.15, 0.2) is 5.17 Å². The number of rotatable bonds is 8. The highest BCUT2D eigenvalue weighted by Crippen LogP contribution is 2.30. The van der Waals surface area contributed by atoms with E-state index in [0.29, 0.717) is 16.2 Å². The Morgan fingerprint density at radius 1 is 1.27 bits per heavy atom. The van der Waals surface area contributed by atoms with Crippen LogP contribution in [0.1, 0.15) is 51.3 Å². The lowest BCUT2D eigenvalue weighted by atomic mass is 10.0. The minimum Gasteiger partial charge on any atom is -0.349 e. The van der Waals surface area contributed by atoms with Crippen molar-refractivity contribution >= 4 is 34.6 Å². The van der Waals surface area contributed by atoms with E-state index >= 15 is 0 Å². The molecule has 7 heteroatoms. The lowest BCUT2D eigenvalue weighted by Crippen LogP contribution is -2.48. The summed E-state index contributed by atoms with van der Waals surface area (Å²) in [5, 5.41) is 11.9. The van der Waals surface area contributed by atoms with Gasteiger partial charge in [-0.1, -0.05) is 39.0 Å². The molecule has 0 aromatic heterocycles. The van der Waals surface area contributed by atoms with Crippen LogP contribution in [-0.4, -0.2) is 52.8 Å². The molecule has 1 fully saturated rings. The average Bonchev–Trinajstić information content (AvgIpc) is 2.71. The number of amides is 1. The summed E-state index contributed by atoms with van der Waals surface area (Å²) < 4.78 is 0. The molecule has 1 saturated heterocycles. The SMILES string of the molecule is C=C(NC(C)=O)SC(=N)N1CCN([C@@H](C)c2ccc(SCC(C)CC)c(C)c2)CC1. The minimum absolute atomic E-state index is 0.154. The number of nitrogens with zero attached hydrogens (tertiary/aromatic N) is 2. The molecule has 1 aliphatic rings. The highest BCUT2D eigenvalue weighted by molar-refractivity contribution is 8.16. The van der Waals surface area contributed by atoms with Gasteiger partial charge in [0.05, 0.1) is 5.03 Å². The number of amidine groups is 1. The van der Waals surface area contributed by atoms with Crippen molar-refractivity contribution in [1.29, 1.82) is 5.41 Å². The van der Waals surface area contributed by atoms with Gasteiger partial charge in [0, 0.05) is 49.8 Å². The fourth-order valence-electron chi connectivity index (χ4n) is 3.37. The average molecular weight is 449 g/mol. The van der Waals surface area contributed by atoms with Crippen LogP contribution in [-0.2, 0) is 4.79 Å². The van der Waals surface area contributed by atoms with Gasteiger partial charge in [0.2, 0.25) is 5.91 Å². The largest absolute Gasteiger partial charge is 0.349 e. The molecular formula is C23H36N4OS2. The van der Waals surface area contributed by atoms with E-state index in [1.807, 2.05) is 11.8 Å². The van der Waals surface area contributed by atoms with E-state index in [1.54, 1.807) is 0 Å². The first-order valence-corrected chi connectivity index (χ1v) is 12.5. The molecule has 0 aliphatic carbocycles. The molecule has 1 aliphatic heterocycles. The maximum Gasteiger partial charge on any atom is 0.221 e. The molecule has 1 heterocycles. The van der Waals surface area contributed by atoms with E-state index in [-0.39, 0.29) is 5.91 Å². The molecule has 30 heavy (non-hydrogen) atoms. The maximum absolute atomic E-state index is 11.1. The summed E-state index contributed by atoms with van der Waals surface area (Å²) >= 11 is 3.18. The Bertz CT molecular complexity index is 760. The second-order valence-corrected chi connectivity index (χ2v) is 10.2. The second kappa shape index (κ2) is 11.8. The van der Waals surface area contributed by atoms with Crippen molar-refractivity contribution < 1.29 is 4.79 Å². The first-order valence-electron chi connectivity index (χ1n) is 10.7. The van der Waals surface area contributed by atoms with Gasteiger partial charge in [-0.2, -0.15) is 0 Å². The van der Waals surface area contributed by atoms with Crippen LogP contribution in [0.25, 0.3) is 0 Å². The molecule has 166 valence electrons. The Morgan fingerprint density at radius 3 is 2.50 bits per heavy atom. The van der Waals surface area contributed by atoms with Crippen LogP contribution in [0.3, 0.4) is 0 Å². The third-order valence-electron chi connectivity index (χ3n) is 5.59. The summed E-state index contributed by atoms with van der Waals surface area (Å²) in [6.45, 7) is 17.8. The molecule has 2 atom stereocenters. The van der Waals surface area contributed by atoms with E-state index in [1.165, 1.54) is 46.9 Å². The zero-order valence-electron chi connectivity index (χ0n) is 19.0. The smallest absolute Gasteiger partial charge is 0.221 e. The van der Waals surface area contributed by atoms with Gasteiger partial charge in [-0.25, -0.2) is 0 Å². The topological polar surface area (TPSA) is 59.4 Å². The number of carbonyl (C=O) groups excluding carboxylic acids is 1. The van der Waals surface area contributed by atoms with E-state index in [2.05, 4.69) is 67.6 Å². The van der Waals surface area contributed by atoms with Crippen molar-refractivity contribution in [3.63, 3.8) is 0 Å². The molecule has 0 radical (unpaired) electrons. The quantitative estimate of drug-likeness (QED) is 0.330. The zero-order valence-corrected chi connectivity index (χ0v) is 20.6. The first-order chi connectivity index (χ1) is 14.2.